The summed E-state index contributed by atoms with van der Waals surface area (Å²) < 4.78 is 6.55. The van der Waals surface area contributed by atoms with Gasteiger partial charge in [-0.15, -0.1) is 0 Å². The first-order valence-corrected chi connectivity index (χ1v) is 12.9. The highest BCUT2D eigenvalue weighted by atomic mass is 16.3. The van der Waals surface area contributed by atoms with Gasteiger partial charge in [-0.2, -0.15) is 0 Å². The van der Waals surface area contributed by atoms with Crippen LogP contribution in [0.25, 0.3) is 44.2 Å². The number of anilines is 3. The quantitative estimate of drug-likeness (QED) is 0.240. The monoisotopic (exact) mass is 487 g/mol. The molecule has 0 saturated heterocycles. The summed E-state index contributed by atoms with van der Waals surface area (Å²) in [7, 11) is 0. The van der Waals surface area contributed by atoms with E-state index in [1.807, 2.05) is 18.2 Å². The molecular weight excluding hydrogens is 462 g/mol. The van der Waals surface area contributed by atoms with E-state index in [0.717, 1.165) is 50.1 Å². The molecule has 0 radical (unpaired) electrons. The van der Waals surface area contributed by atoms with Crippen molar-refractivity contribution in [3.63, 3.8) is 0 Å². The van der Waals surface area contributed by atoms with Gasteiger partial charge in [0.25, 0.3) is 0 Å². The molecule has 0 aliphatic heterocycles. The lowest BCUT2D eigenvalue weighted by Gasteiger charge is -2.28. The minimum absolute atomic E-state index is 0.898. The molecule has 0 saturated carbocycles. The van der Waals surface area contributed by atoms with E-state index >= 15 is 0 Å². The summed E-state index contributed by atoms with van der Waals surface area (Å²) in [5.74, 6) is 0. The van der Waals surface area contributed by atoms with Crippen molar-refractivity contribution in [1.29, 1.82) is 0 Å². The van der Waals surface area contributed by atoms with Gasteiger partial charge in [-0.1, -0.05) is 109 Å². The van der Waals surface area contributed by atoms with Crippen LogP contribution in [0.4, 0.5) is 17.1 Å². The molecule has 0 atom stereocenters. The Balaban J connectivity index is 1.48. The summed E-state index contributed by atoms with van der Waals surface area (Å²) >= 11 is 0. The zero-order valence-corrected chi connectivity index (χ0v) is 20.8. The maximum Gasteiger partial charge on any atom is 0.145 e. The molecule has 2 heteroatoms. The van der Waals surface area contributed by atoms with E-state index in [9.17, 15) is 0 Å². The van der Waals surface area contributed by atoms with Crippen molar-refractivity contribution in [2.24, 2.45) is 0 Å². The van der Waals surface area contributed by atoms with Crippen LogP contribution in [0, 0.1) is 0 Å². The third-order valence-corrected chi connectivity index (χ3v) is 7.08. The zero-order chi connectivity index (χ0) is 25.3. The number of rotatable bonds is 5. The fourth-order valence-corrected chi connectivity index (χ4v) is 5.29. The summed E-state index contributed by atoms with van der Waals surface area (Å²) in [4.78, 5) is 2.32. The first-order valence-electron chi connectivity index (χ1n) is 12.9. The molecule has 1 aromatic heterocycles. The van der Waals surface area contributed by atoms with Gasteiger partial charge in [0.1, 0.15) is 11.2 Å². The van der Waals surface area contributed by atoms with Crippen LogP contribution in [0.3, 0.4) is 0 Å². The summed E-state index contributed by atoms with van der Waals surface area (Å²) in [5, 5.41) is 2.25. The smallest absolute Gasteiger partial charge is 0.145 e. The van der Waals surface area contributed by atoms with Gasteiger partial charge in [-0.05, 0) is 59.2 Å². The average molecular weight is 488 g/mol. The number of hydrogen-bond donors (Lipinski definition) is 0. The maximum atomic E-state index is 6.55. The van der Waals surface area contributed by atoms with Gasteiger partial charge >= 0.3 is 0 Å². The molecule has 1 heterocycles. The summed E-state index contributed by atoms with van der Waals surface area (Å²) in [6.45, 7) is 0. The second-order valence-electron chi connectivity index (χ2n) is 9.38. The predicted molar refractivity (Wildman–Crippen MR) is 159 cm³/mol. The van der Waals surface area contributed by atoms with Crippen LogP contribution in [0.5, 0.6) is 0 Å². The number of hydrogen-bond acceptors (Lipinski definition) is 2. The molecule has 0 aliphatic carbocycles. The number of benzene rings is 6. The van der Waals surface area contributed by atoms with Crippen LogP contribution in [0.2, 0.25) is 0 Å². The van der Waals surface area contributed by atoms with Gasteiger partial charge in [0.05, 0.1) is 5.69 Å². The molecule has 7 rings (SSSR count). The Morgan fingerprint density at radius 2 is 0.947 bits per heavy atom. The number of nitrogens with zero attached hydrogens (tertiary/aromatic N) is 1. The van der Waals surface area contributed by atoms with Crippen LogP contribution in [-0.2, 0) is 0 Å². The van der Waals surface area contributed by atoms with Crippen LogP contribution >= 0.6 is 0 Å². The van der Waals surface area contributed by atoms with Gasteiger partial charge in [-0.25, -0.2) is 0 Å². The van der Waals surface area contributed by atoms with Crippen molar-refractivity contribution in [2.75, 3.05) is 4.90 Å². The molecule has 0 unspecified atom stereocenters. The Kier molecular flexibility index (Phi) is 5.49. The topological polar surface area (TPSA) is 16.4 Å². The molecule has 38 heavy (non-hydrogen) atoms. The Morgan fingerprint density at radius 1 is 0.395 bits per heavy atom. The highest BCUT2D eigenvalue weighted by Crippen LogP contribution is 2.46. The van der Waals surface area contributed by atoms with Crippen molar-refractivity contribution in [3.8, 4) is 22.3 Å². The molecule has 180 valence electrons. The highest BCUT2D eigenvalue weighted by molar-refractivity contribution is 6.13. The molecule has 0 amide bonds. The lowest BCUT2D eigenvalue weighted by atomic mass is 9.98. The Labute approximate surface area is 222 Å². The van der Waals surface area contributed by atoms with E-state index in [4.69, 9.17) is 4.42 Å². The van der Waals surface area contributed by atoms with Crippen LogP contribution in [-0.4, -0.2) is 0 Å². The number of para-hydroxylation sites is 2. The van der Waals surface area contributed by atoms with E-state index in [0.29, 0.717) is 0 Å². The normalized spacial score (nSPS) is 11.2. The second kappa shape index (κ2) is 9.42. The number of furan rings is 1. The minimum atomic E-state index is 0.898. The molecular formula is C36H25NO. The average Bonchev–Trinajstić information content (AvgIpc) is 3.38. The molecule has 0 aliphatic rings. The van der Waals surface area contributed by atoms with Crippen LogP contribution in [0.1, 0.15) is 0 Å². The van der Waals surface area contributed by atoms with Crippen molar-refractivity contribution in [2.45, 2.75) is 0 Å². The molecule has 2 nitrogen and oxygen atoms in total. The van der Waals surface area contributed by atoms with Crippen molar-refractivity contribution in [1.82, 2.24) is 0 Å². The molecule has 0 N–H and O–H groups in total. The Morgan fingerprint density at radius 3 is 1.66 bits per heavy atom. The van der Waals surface area contributed by atoms with E-state index in [1.54, 1.807) is 0 Å². The number of fused-ring (bicyclic) bond motifs is 3. The fraction of sp³-hybridized carbons (Fsp3) is 0. The SMILES string of the molecule is c1ccc(-c2ccc(N(c3ccccc3)c3ccc4c(oc5ccccc54)c3-c3ccccc3)cc2)cc1. The molecule has 6 aromatic carbocycles. The largest absolute Gasteiger partial charge is 0.455 e. The third kappa shape index (κ3) is 3.84. The lowest BCUT2D eigenvalue weighted by Crippen LogP contribution is -2.11. The first-order chi connectivity index (χ1) is 18.9. The Bertz CT molecular complexity index is 1840. The zero-order valence-electron chi connectivity index (χ0n) is 20.8. The fourth-order valence-electron chi connectivity index (χ4n) is 5.29. The van der Waals surface area contributed by atoms with Gasteiger partial charge < -0.3 is 9.32 Å². The Hall–Kier alpha value is -5.08. The summed E-state index contributed by atoms with van der Waals surface area (Å²) in [6.07, 6.45) is 0. The second-order valence-corrected chi connectivity index (χ2v) is 9.38. The van der Waals surface area contributed by atoms with E-state index < -0.39 is 0 Å². The van der Waals surface area contributed by atoms with Crippen molar-refractivity contribution >= 4 is 39.0 Å². The first kappa shape index (κ1) is 22.1. The van der Waals surface area contributed by atoms with Crippen molar-refractivity contribution < 1.29 is 4.42 Å². The summed E-state index contributed by atoms with van der Waals surface area (Å²) in [5.41, 5.74) is 9.64. The standard InChI is InChI=1S/C36H25NO/c1-4-12-26(13-5-1)27-20-22-30(23-21-27)37(29-16-8-3-9-17-29)33-25-24-32-31-18-10-11-19-34(31)38-36(32)35(33)28-14-6-2-7-15-28/h1-25H. The molecule has 7 aromatic rings. The van der Waals surface area contributed by atoms with Gasteiger partial charge in [-0.3, -0.25) is 0 Å². The maximum absolute atomic E-state index is 6.55. The minimum Gasteiger partial charge on any atom is -0.455 e. The van der Waals surface area contributed by atoms with E-state index in [2.05, 4.69) is 138 Å². The lowest BCUT2D eigenvalue weighted by molar-refractivity contribution is 0.670. The third-order valence-electron chi connectivity index (χ3n) is 7.08. The summed E-state index contributed by atoms with van der Waals surface area (Å²) in [6, 6.07) is 53.1. The van der Waals surface area contributed by atoms with Gasteiger partial charge in [0, 0.05) is 27.7 Å². The van der Waals surface area contributed by atoms with Crippen LogP contribution < -0.4 is 4.90 Å². The molecule has 0 spiro atoms. The molecule has 0 bridgehead atoms. The van der Waals surface area contributed by atoms with E-state index in [-0.39, 0.29) is 0 Å². The van der Waals surface area contributed by atoms with Gasteiger partial charge in [0.15, 0.2) is 0 Å². The van der Waals surface area contributed by atoms with Gasteiger partial charge in [0.2, 0.25) is 0 Å². The van der Waals surface area contributed by atoms with Crippen molar-refractivity contribution in [3.05, 3.63) is 152 Å². The molecule has 0 fully saturated rings. The predicted octanol–water partition coefficient (Wildman–Crippen LogP) is 10.4. The highest BCUT2D eigenvalue weighted by Gasteiger charge is 2.22. The van der Waals surface area contributed by atoms with E-state index in [1.165, 1.54) is 11.1 Å². The van der Waals surface area contributed by atoms with Crippen LogP contribution in [0.15, 0.2) is 156 Å².